The number of nitrogens with zero attached hydrogens (tertiary/aromatic N) is 2. The molecule has 96 valence electrons. The van der Waals surface area contributed by atoms with Gasteiger partial charge in [0.15, 0.2) is 0 Å². The lowest BCUT2D eigenvalue weighted by molar-refractivity contribution is 0.414. The molecule has 2 aromatic rings. The number of aromatic nitrogens is 2. The van der Waals surface area contributed by atoms with Crippen LogP contribution in [0.25, 0.3) is 0 Å². The van der Waals surface area contributed by atoms with Crippen LogP contribution in [0.5, 0.6) is 5.75 Å². The Kier molecular flexibility index (Phi) is 3.99. The van der Waals surface area contributed by atoms with Crippen molar-refractivity contribution in [2.75, 3.05) is 13.7 Å². The Morgan fingerprint density at radius 1 is 1.28 bits per heavy atom. The average Bonchev–Trinajstić information content (AvgIpc) is 2.71. The Bertz CT molecular complexity index is 502. The van der Waals surface area contributed by atoms with Gasteiger partial charge in [-0.15, -0.1) is 0 Å². The molecule has 0 spiro atoms. The van der Waals surface area contributed by atoms with E-state index in [-0.39, 0.29) is 0 Å². The van der Waals surface area contributed by atoms with Crippen molar-refractivity contribution >= 4 is 0 Å². The molecule has 2 N–H and O–H groups in total. The summed E-state index contributed by atoms with van der Waals surface area (Å²) in [6.45, 7) is 0.638. The summed E-state index contributed by atoms with van der Waals surface area (Å²) in [6.07, 6.45) is 3.70. The number of hydrogen-bond donors (Lipinski definition) is 1. The van der Waals surface area contributed by atoms with E-state index in [2.05, 4.69) is 21.7 Å². The average molecular weight is 245 g/mol. The third-order valence-electron chi connectivity index (χ3n) is 2.94. The Balaban J connectivity index is 2.12. The van der Waals surface area contributed by atoms with E-state index in [9.17, 15) is 0 Å². The van der Waals surface area contributed by atoms with E-state index in [0.717, 1.165) is 30.1 Å². The SMILES string of the molecule is COc1ccc(Cc2nc(CCN)cn2C)cc1. The van der Waals surface area contributed by atoms with Gasteiger partial charge in [0.05, 0.1) is 12.8 Å². The number of methoxy groups -OCH3 is 1. The Morgan fingerprint density at radius 2 is 2.00 bits per heavy atom. The molecule has 1 aromatic carbocycles. The van der Waals surface area contributed by atoms with Crippen LogP contribution < -0.4 is 10.5 Å². The van der Waals surface area contributed by atoms with Gasteiger partial charge in [0.25, 0.3) is 0 Å². The van der Waals surface area contributed by atoms with Gasteiger partial charge in [-0.25, -0.2) is 4.98 Å². The van der Waals surface area contributed by atoms with E-state index in [1.807, 2.05) is 25.4 Å². The predicted octanol–water partition coefficient (Wildman–Crippen LogP) is 1.52. The molecule has 4 nitrogen and oxygen atoms in total. The first kappa shape index (κ1) is 12.6. The first-order chi connectivity index (χ1) is 8.72. The van der Waals surface area contributed by atoms with Crippen molar-refractivity contribution in [3.8, 4) is 5.75 Å². The maximum atomic E-state index is 5.54. The lowest BCUT2D eigenvalue weighted by atomic mass is 10.1. The van der Waals surface area contributed by atoms with Crippen LogP contribution in [0.2, 0.25) is 0 Å². The molecule has 18 heavy (non-hydrogen) atoms. The van der Waals surface area contributed by atoms with Crippen LogP contribution >= 0.6 is 0 Å². The van der Waals surface area contributed by atoms with Gasteiger partial charge in [0, 0.05) is 26.1 Å². The molecule has 1 aromatic heterocycles. The van der Waals surface area contributed by atoms with Crippen molar-refractivity contribution in [3.63, 3.8) is 0 Å². The third-order valence-corrected chi connectivity index (χ3v) is 2.94. The minimum absolute atomic E-state index is 0.638. The highest BCUT2D eigenvalue weighted by atomic mass is 16.5. The van der Waals surface area contributed by atoms with E-state index in [0.29, 0.717) is 6.54 Å². The van der Waals surface area contributed by atoms with Crippen molar-refractivity contribution in [2.45, 2.75) is 12.8 Å². The van der Waals surface area contributed by atoms with Crippen molar-refractivity contribution < 1.29 is 4.74 Å². The fourth-order valence-electron chi connectivity index (χ4n) is 1.93. The topological polar surface area (TPSA) is 53.1 Å². The van der Waals surface area contributed by atoms with Gasteiger partial charge in [-0.1, -0.05) is 12.1 Å². The van der Waals surface area contributed by atoms with Gasteiger partial charge >= 0.3 is 0 Å². The second kappa shape index (κ2) is 5.69. The molecule has 1 heterocycles. The standard InChI is InChI=1S/C14H19N3O/c1-17-10-12(7-8-15)16-14(17)9-11-3-5-13(18-2)6-4-11/h3-6,10H,7-9,15H2,1-2H3. The number of ether oxygens (including phenoxy) is 1. The number of nitrogens with two attached hydrogens (primary N) is 1. The first-order valence-corrected chi connectivity index (χ1v) is 6.07. The molecule has 0 aliphatic carbocycles. The second-order valence-corrected chi connectivity index (χ2v) is 4.32. The molecular formula is C14H19N3O. The summed E-state index contributed by atoms with van der Waals surface area (Å²) in [7, 11) is 3.69. The number of imidazole rings is 1. The third kappa shape index (κ3) is 2.90. The Hall–Kier alpha value is -1.81. The first-order valence-electron chi connectivity index (χ1n) is 6.07. The summed E-state index contributed by atoms with van der Waals surface area (Å²) < 4.78 is 7.21. The van der Waals surface area contributed by atoms with Gasteiger partial charge in [-0.2, -0.15) is 0 Å². The Morgan fingerprint density at radius 3 is 2.61 bits per heavy atom. The van der Waals surface area contributed by atoms with Crippen LogP contribution in [0.3, 0.4) is 0 Å². The molecular weight excluding hydrogens is 226 g/mol. The number of aryl methyl sites for hydroxylation is 1. The molecule has 2 rings (SSSR count). The molecule has 4 heteroatoms. The minimum Gasteiger partial charge on any atom is -0.497 e. The molecule has 0 saturated carbocycles. The summed E-state index contributed by atoms with van der Waals surface area (Å²) in [5.41, 5.74) is 7.83. The van der Waals surface area contributed by atoms with E-state index in [1.54, 1.807) is 7.11 Å². The zero-order valence-corrected chi connectivity index (χ0v) is 10.9. The summed E-state index contributed by atoms with van der Waals surface area (Å²) in [5.74, 6) is 1.94. The van der Waals surface area contributed by atoms with Crippen LogP contribution in [0.4, 0.5) is 0 Å². The zero-order valence-electron chi connectivity index (χ0n) is 10.9. The molecule has 0 atom stereocenters. The van der Waals surface area contributed by atoms with E-state index in [1.165, 1.54) is 5.56 Å². The predicted molar refractivity (Wildman–Crippen MR) is 71.8 cm³/mol. The van der Waals surface area contributed by atoms with Gasteiger partial charge < -0.3 is 15.0 Å². The summed E-state index contributed by atoms with van der Waals surface area (Å²) in [5, 5.41) is 0. The highest BCUT2D eigenvalue weighted by molar-refractivity contribution is 5.29. The zero-order chi connectivity index (χ0) is 13.0. The molecule has 0 aliphatic rings. The van der Waals surface area contributed by atoms with E-state index in [4.69, 9.17) is 10.5 Å². The number of benzene rings is 1. The minimum atomic E-state index is 0.638. The molecule has 0 fully saturated rings. The van der Waals surface area contributed by atoms with Crippen LogP contribution in [0, 0.1) is 0 Å². The smallest absolute Gasteiger partial charge is 0.118 e. The van der Waals surface area contributed by atoms with Crippen molar-refractivity contribution in [1.82, 2.24) is 9.55 Å². The Labute approximate surface area is 107 Å². The number of hydrogen-bond acceptors (Lipinski definition) is 3. The van der Waals surface area contributed by atoms with Gasteiger partial charge in [-0.3, -0.25) is 0 Å². The van der Waals surface area contributed by atoms with E-state index >= 15 is 0 Å². The summed E-state index contributed by atoms with van der Waals surface area (Å²) in [4.78, 5) is 4.59. The van der Waals surface area contributed by atoms with Gasteiger partial charge in [-0.05, 0) is 24.2 Å². The molecule has 0 aliphatic heterocycles. The molecule has 0 unspecified atom stereocenters. The maximum absolute atomic E-state index is 5.54. The van der Waals surface area contributed by atoms with Crippen LogP contribution in [-0.2, 0) is 19.9 Å². The fourth-order valence-corrected chi connectivity index (χ4v) is 1.93. The summed E-state index contributed by atoms with van der Waals surface area (Å²) in [6, 6.07) is 8.07. The van der Waals surface area contributed by atoms with Crippen molar-refractivity contribution in [2.24, 2.45) is 12.8 Å². The molecule has 0 radical (unpaired) electrons. The van der Waals surface area contributed by atoms with Crippen molar-refractivity contribution in [3.05, 3.63) is 47.5 Å². The van der Waals surface area contributed by atoms with Crippen LogP contribution in [0.1, 0.15) is 17.1 Å². The fraction of sp³-hybridized carbons (Fsp3) is 0.357. The summed E-state index contributed by atoms with van der Waals surface area (Å²) >= 11 is 0. The maximum Gasteiger partial charge on any atom is 0.118 e. The van der Waals surface area contributed by atoms with Crippen molar-refractivity contribution in [1.29, 1.82) is 0 Å². The second-order valence-electron chi connectivity index (χ2n) is 4.32. The lowest BCUT2D eigenvalue weighted by Gasteiger charge is -2.03. The highest BCUT2D eigenvalue weighted by Crippen LogP contribution is 2.14. The largest absolute Gasteiger partial charge is 0.497 e. The monoisotopic (exact) mass is 245 g/mol. The number of rotatable bonds is 5. The van der Waals surface area contributed by atoms with Crippen LogP contribution in [0.15, 0.2) is 30.5 Å². The molecule has 0 bridgehead atoms. The highest BCUT2D eigenvalue weighted by Gasteiger charge is 2.06. The lowest BCUT2D eigenvalue weighted by Crippen LogP contribution is -2.02. The quantitative estimate of drug-likeness (QED) is 0.869. The normalized spacial score (nSPS) is 10.6. The van der Waals surface area contributed by atoms with Gasteiger partial charge in [0.2, 0.25) is 0 Å². The van der Waals surface area contributed by atoms with Gasteiger partial charge in [0.1, 0.15) is 11.6 Å². The molecule has 0 amide bonds. The van der Waals surface area contributed by atoms with E-state index < -0.39 is 0 Å². The van der Waals surface area contributed by atoms with Crippen LogP contribution in [-0.4, -0.2) is 23.2 Å². The molecule has 0 saturated heterocycles.